The molecule has 1 N–H and O–H groups in total. The molecule has 0 fully saturated rings. The van der Waals surface area contributed by atoms with Crippen molar-refractivity contribution >= 4 is 29.2 Å². The summed E-state index contributed by atoms with van der Waals surface area (Å²) in [4.78, 5) is 30.9. The summed E-state index contributed by atoms with van der Waals surface area (Å²) in [7, 11) is 1.67. The molecule has 0 bridgehead atoms. The Morgan fingerprint density at radius 2 is 2.07 bits per heavy atom. The second-order valence-corrected chi connectivity index (χ2v) is 6.68. The quantitative estimate of drug-likeness (QED) is 0.883. The van der Waals surface area contributed by atoms with E-state index in [4.69, 9.17) is 0 Å². The van der Waals surface area contributed by atoms with Crippen LogP contribution in [0.4, 0.5) is 5.95 Å². The van der Waals surface area contributed by atoms with E-state index in [1.54, 1.807) is 13.2 Å². The summed E-state index contributed by atoms with van der Waals surface area (Å²) >= 11 is 0. The van der Waals surface area contributed by atoms with E-state index < -0.39 is 6.04 Å². The molecule has 0 radical (unpaired) electrons. The minimum atomic E-state index is -0.606. The summed E-state index contributed by atoms with van der Waals surface area (Å²) in [6.07, 6.45) is 5.06. The van der Waals surface area contributed by atoms with Crippen molar-refractivity contribution in [3.63, 3.8) is 0 Å². The average Bonchev–Trinajstić information content (AvgIpc) is 3.32. The monoisotopic (exact) mass is 364 g/mol. The number of hydrogen-bond donors (Lipinski definition) is 1. The van der Waals surface area contributed by atoms with Gasteiger partial charge in [-0.05, 0) is 12.0 Å². The summed E-state index contributed by atoms with van der Waals surface area (Å²) in [5.74, 6) is 0.0638. The smallest absolute Gasteiger partial charge is 0.268 e. The third-order valence-electron chi connectivity index (χ3n) is 4.78. The Morgan fingerprint density at radius 1 is 1.26 bits per heavy atom. The molecule has 2 aliphatic heterocycles. The maximum atomic E-state index is 12.7. The molecule has 0 aliphatic carbocycles. The first-order valence-corrected chi connectivity index (χ1v) is 8.87. The Bertz CT molecular complexity index is 931. The molecule has 1 unspecified atom stereocenters. The van der Waals surface area contributed by atoms with Crippen LogP contribution in [0.15, 0.2) is 52.9 Å². The Kier molecular flexibility index (Phi) is 4.53. The highest BCUT2D eigenvalue weighted by Crippen LogP contribution is 2.18. The van der Waals surface area contributed by atoms with Crippen LogP contribution in [0, 0.1) is 0 Å². The average molecular weight is 364 g/mol. The number of carbonyl (C=O) groups excluding carboxylic acids is 2. The number of hydrogen-bond acceptors (Lipinski definition) is 5. The number of nitrogens with one attached hydrogen (secondary N) is 1. The Balaban J connectivity index is 1.36. The molecule has 0 saturated heterocycles. The Morgan fingerprint density at radius 3 is 2.89 bits per heavy atom. The molecular weight excluding hydrogens is 344 g/mol. The van der Waals surface area contributed by atoms with Gasteiger partial charge in [-0.1, -0.05) is 30.3 Å². The van der Waals surface area contributed by atoms with Crippen LogP contribution in [0.25, 0.3) is 0 Å². The van der Waals surface area contributed by atoms with Crippen molar-refractivity contribution in [2.75, 3.05) is 11.9 Å². The van der Waals surface area contributed by atoms with E-state index >= 15 is 0 Å². The van der Waals surface area contributed by atoms with Gasteiger partial charge in [-0.3, -0.25) is 14.5 Å². The fourth-order valence-electron chi connectivity index (χ4n) is 3.32. The largest absolute Gasteiger partial charge is 0.339 e. The predicted octanol–water partition coefficient (Wildman–Crippen LogP) is 1.18. The lowest BCUT2D eigenvalue weighted by molar-refractivity contribution is -0.124. The second kappa shape index (κ2) is 7.14. The van der Waals surface area contributed by atoms with Gasteiger partial charge < -0.3 is 9.88 Å². The van der Waals surface area contributed by atoms with Gasteiger partial charge in [0.05, 0.1) is 5.71 Å². The summed E-state index contributed by atoms with van der Waals surface area (Å²) in [6.45, 7) is 0.610. The molecule has 2 aromatic rings. The first-order valence-electron chi connectivity index (χ1n) is 8.87. The zero-order valence-corrected chi connectivity index (χ0v) is 15.0. The number of fused-ring (bicyclic) bond motifs is 1. The van der Waals surface area contributed by atoms with Crippen LogP contribution >= 0.6 is 0 Å². The first kappa shape index (κ1) is 17.1. The molecule has 3 heterocycles. The molecule has 138 valence electrons. The lowest BCUT2D eigenvalue weighted by Crippen LogP contribution is -2.48. The van der Waals surface area contributed by atoms with Crippen LogP contribution < -0.4 is 10.2 Å². The zero-order chi connectivity index (χ0) is 18.8. The van der Waals surface area contributed by atoms with Crippen LogP contribution in [-0.4, -0.2) is 45.9 Å². The van der Waals surface area contributed by atoms with Gasteiger partial charge >= 0.3 is 0 Å². The van der Waals surface area contributed by atoms with Crippen molar-refractivity contribution in [1.82, 2.24) is 14.9 Å². The minimum Gasteiger partial charge on any atom is -0.339 e. The number of carbonyl (C=O) groups is 2. The molecule has 1 atom stereocenters. The van der Waals surface area contributed by atoms with E-state index in [0.717, 1.165) is 11.3 Å². The normalized spacial score (nSPS) is 19.2. The fourth-order valence-corrected chi connectivity index (χ4v) is 3.32. The van der Waals surface area contributed by atoms with Crippen LogP contribution in [0.3, 0.4) is 0 Å². The van der Waals surface area contributed by atoms with Gasteiger partial charge in [-0.2, -0.15) is 5.10 Å². The lowest BCUT2D eigenvalue weighted by atomic mass is 10.0. The highest BCUT2D eigenvalue weighted by atomic mass is 16.2. The summed E-state index contributed by atoms with van der Waals surface area (Å²) in [5, 5.41) is 11.0. The number of imidazole rings is 1. The van der Waals surface area contributed by atoms with Crippen molar-refractivity contribution in [2.45, 2.75) is 31.8 Å². The second-order valence-electron chi connectivity index (χ2n) is 6.68. The molecular formula is C19H20N6O2. The van der Waals surface area contributed by atoms with E-state index in [2.05, 4.69) is 20.5 Å². The molecule has 1 aromatic heterocycles. The predicted molar refractivity (Wildman–Crippen MR) is 102 cm³/mol. The number of anilines is 1. The third-order valence-corrected chi connectivity index (χ3v) is 4.78. The van der Waals surface area contributed by atoms with Gasteiger partial charge in [0, 0.05) is 38.8 Å². The Labute approximate surface area is 156 Å². The highest BCUT2D eigenvalue weighted by molar-refractivity contribution is 6.43. The molecule has 0 spiro atoms. The minimum absolute atomic E-state index is 0.183. The van der Waals surface area contributed by atoms with Crippen molar-refractivity contribution in [2.24, 2.45) is 10.2 Å². The first-order chi connectivity index (χ1) is 13.1. The van der Waals surface area contributed by atoms with Crippen LogP contribution in [-0.2, 0) is 22.6 Å². The summed E-state index contributed by atoms with van der Waals surface area (Å²) in [5.41, 5.74) is 2.32. The summed E-state index contributed by atoms with van der Waals surface area (Å²) < 4.78 is 1.90. The SMILES string of the molecule is CN1C(=O)C(NC(=O)C2=NN=C(Cc3ccccc3)C2)CCn2ccnc21. The standard InChI is InChI=1S/C19H20N6O2/c1-24-18(27)15(7-9-25-10-8-20-19(24)25)21-17(26)16-12-14(22-23-16)11-13-5-3-2-4-6-13/h2-6,8,10,15H,7,9,11-12H2,1H3,(H,21,26). The highest BCUT2D eigenvalue weighted by Gasteiger charge is 2.31. The number of benzene rings is 1. The zero-order valence-electron chi connectivity index (χ0n) is 15.0. The fraction of sp³-hybridized carbons (Fsp3) is 0.316. The van der Waals surface area contributed by atoms with E-state index in [1.165, 1.54) is 4.90 Å². The maximum absolute atomic E-state index is 12.7. The van der Waals surface area contributed by atoms with Crippen molar-refractivity contribution in [3.05, 3.63) is 48.3 Å². The number of aromatic nitrogens is 2. The van der Waals surface area contributed by atoms with Crippen LogP contribution in [0.2, 0.25) is 0 Å². The van der Waals surface area contributed by atoms with Crippen LogP contribution in [0.1, 0.15) is 18.4 Å². The molecule has 2 amide bonds. The molecule has 4 rings (SSSR count). The van der Waals surface area contributed by atoms with E-state index in [1.807, 2.05) is 41.1 Å². The van der Waals surface area contributed by atoms with E-state index in [9.17, 15) is 9.59 Å². The topological polar surface area (TPSA) is 92.0 Å². The number of amides is 2. The van der Waals surface area contributed by atoms with Gasteiger partial charge in [0.2, 0.25) is 5.95 Å². The summed E-state index contributed by atoms with van der Waals surface area (Å²) in [6, 6.07) is 9.33. The van der Waals surface area contributed by atoms with Gasteiger partial charge in [0.1, 0.15) is 11.8 Å². The van der Waals surface area contributed by atoms with Gasteiger partial charge in [0.15, 0.2) is 0 Å². The molecule has 27 heavy (non-hydrogen) atoms. The Hall–Kier alpha value is -3.29. The molecule has 8 heteroatoms. The number of aryl methyl sites for hydroxylation is 1. The molecule has 0 saturated carbocycles. The number of nitrogens with zero attached hydrogens (tertiary/aromatic N) is 5. The van der Waals surface area contributed by atoms with E-state index in [-0.39, 0.29) is 11.8 Å². The number of likely N-dealkylation sites (N-methyl/N-ethyl adjacent to an activating group) is 1. The number of rotatable bonds is 4. The third kappa shape index (κ3) is 3.51. The van der Waals surface area contributed by atoms with Gasteiger partial charge in [-0.15, -0.1) is 5.10 Å². The van der Waals surface area contributed by atoms with Crippen molar-refractivity contribution < 1.29 is 9.59 Å². The maximum Gasteiger partial charge on any atom is 0.268 e. The molecule has 2 aliphatic rings. The molecule has 1 aromatic carbocycles. The van der Waals surface area contributed by atoms with Crippen LogP contribution in [0.5, 0.6) is 0 Å². The van der Waals surface area contributed by atoms with Gasteiger partial charge in [0.25, 0.3) is 11.8 Å². The van der Waals surface area contributed by atoms with Crippen molar-refractivity contribution in [1.29, 1.82) is 0 Å². The van der Waals surface area contributed by atoms with E-state index in [0.29, 0.717) is 37.5 Å². The van der Waals surface area contributed by atoms with Crippen molar-refractivity contribution in [3.8, 4) is 0 Å². The molecule has 8 nitrogen and oxygen atoms in total. The lowest BCUT2D eigenvalue weighted by Gasteiger charge is -2.19. The van der Waals surface area contributed by atoms with Gasteiger partial charge in [-0.25, -0.2) is 4.98 Å².